The smallest absolute Gasteiger partial charge is 0.462 e. The average Bonchev–Trinajstić information content (AvgIpc) is 3.63. The highest BCUT2D eigenvalue weighted by molar-refractivity contribution is 7.47. The molecule has 0 aliphatic carbocycles. The minimum Gasteiger partial charge on any atom is -0.462 e. The number of aliphatic hydroxyl groups is 1. The number of rotatable bonds is 68. The van der Waals surface area contributed by atoms with Crippen LogP contribution in [-0.4, -0.2) is 96.7 Å². The molecule has 0 aliphatic rings. The van der Waals surface area contributed by atoms with E-state index in [2.05, 4.69) is 41.5 Å². The van der Waals surface area contributed by atoms with Crippen molar-refractivity contribution in [2.45, 2.75) is 368 Å². The lowest BCUT2D eigenvalue weighted by atomic mass is 9.99. The van der Waals surface area contributed by atoms with Gasteiger partial charge in [-0.3, -0.25) is 37.3 Å². The summed E-state index contributed by atoms with van der Waals surface area (Å²) in [5.41, 5.74) is 0. The van der Waals surface area contributed by atoms with Gasteiger partial charge in [-0.2, -0.15) is 0 Å². The molecule has 0 bridgehead atoms. The highest BCUT2D eigenvalue weighted by Crippen LogP contribution is 2.45. The van der Waals surface area contributed by atoms with Gasteiger partial charge >= 0.3 is 39.5 Å². The van der Waals surface area contributed by atoms with Crippen molar-refractivity contribution in [3.8, 4) is 0 Å². The number of phosphoric acid groups is 2. The SMILES string of the molecule is CCCCCCCCCCCCCCCCCCCCC(=O)O[C@H](COC(=O)CCCCCCCCCCCCC(C)C)COP(=O)(O)OC[C@@H](O)COP(=O)(O)OC[C@@H](COC(=O)CCCCCCC)OC(=O)CCCCCCCCCCC(C)CC. The molecule has 3 unspecified atom stereocenters. The van der Waals surface area contributed by atoms with Gasteiger partial charge in [0.25, 0.3) is 0 Å². The average molecular weight is 1300 g/mol. The highest BCUT2D eigenvalue weighted by Gasteiger charge is 2.30. The van der Waals surface area contributed by atoms with Gasteiger partial charge in [-0.1, -0.05) is 298 Å². The third kappa shape index (κ3) is 61.6. The van der Waals surface area contributed by atoms with Gasteiger partial charge in [0.1, 0.15) is 19.3 Å². The molecule has 19 heteroatoms. The zero-order valence-corrected chi connectivity index (χ0v) is 58.8. The number of hydrogen-bond acceptors (Lipinski definition) is 15. The molecule has 0 saturated carbocycles. The van der Waals surface area contributed by atoms with Gasteiger partial charge in [-0.05, 0) is 37.5 Å². The zero-order chi connectivity index (χ0) is 65.0. The van der Waals surface area contributed by atoms with E-state index in [0.717, 1.165) is 108 Å². The van der Waals surface area contributed by atoms with Gasteiger partial charge in [0.15, 0.2) is 12.2 Å². The molecule has 0 aliphatic heterocycles. The Kier molecular flexibility index (Phi) is 59.9. The zero-order valence-electron chi connectivity index (χ0n) is 57.0. The van der Waals surface area contributed by atoms with E-state index >= 15 is 0 Å². The standard InChI is InChI=1S/C69H134O17P2/c1-7-10-12-14-15-16-17-18-19-20-21-22-23-24-29-35-41-47-53-68(73)86-65(58-80-67(72)52-46-40-34-28-26-25-27-32-38-43-49-61(4)5)60-84-88(77,78)82-56-63(70)55-81-87(75,76)83-59-64(57-79-66(71)51-45-37-13-11-8-2)85-69(74)54-48-42-36-31-30-33-39-44-50-62(6)9-3/h61-65,70H,7-60H2,1-6H3,(H,75,76)(H,77,78)/t62?,63-,64+,65+/m0/s1. The van der Waals surface area contributed by atoms with Crippen LogP contribution in [0.3, 0.4) is 0 Å². The molecule has 6 atom stereocenters. The molecule has 0 aromatic heterocycles. The minimum absolute atomic E-state index is 0.104. The molecule has 0 amide bonds. The second-order valence-corrected chi connectivity index (χ2v) is 28.5. The van der Waals surface area contributed by atoms with Crippen molar-refractivity contribution in [2.24, 2.45) is 11.8 Å². The molecule has 0 rings (SSSR count). The largest absolute Gasteiger partial charge is 0.472 e. The number of phosphoric ester groups is 2. The molecular weight excluding hydrogens is 1160 g/mol. The molecular formula is C69H134O17P2. The maximum Gasteiger partial charge on any atom is 0.472 e. The predicted molar refractivity (Wildman–Crippen MR) is 354 cm³/mol. The van der Waals surface area contributed by atoms with Crippen LogP contribution in [0.1, 0.15) is 350 Å². The molecule has 0 aromatic carbocycles. The lowest BCUT2D eigenvalue weighted by molar-refractivity contribution is -0.161. The number of carbonyl (C=O) groups is 4. The first-order valence-corrected chi connectivity index (χ1v) is 39.0. The van der Waals surface area contributed by atoms with E-state index in [4.69, 9.17) is 37.0 Å². The van der Waals surface area contributed by atoms with Gasteiger partial charge in [-0.25, -0.2) is 9.13 Å². The molecule has 3 N–H and O–H groups in total. The van der Waals surface area contributed by atoms with Crippen LogP contribution in [0.5, 0.6) is 0 Å². The van der Waals surface area contributed by atoms with Crippen molar-refractivity contribution >= 4 is 39.5 Å². The Morgan fingerprint density at radius 1 is 0.330 bits per heavy atom. The molecule has 88 heavy (non-hydrogen) atoms. The molecule has 0 radical (unpaired) electrons. The number of ether oxygens (including phenoxy) is 4. The van der Waals surface area contributed by atoms with E-state index in [0.29, 0.717) is 25.7 Å². The van der Waals surface area contributed by atoms with E-state index < -0.39 is 97.5 Å². The summed E-state index contributed by atoms with van der Waals surface area (Å²) >= 11 is 0. The summed E-state index contributed by atoms with van der Waals surface area (Å²) in [7, 11) is -9.89. The monoisotopic (exact) mass is 1300 g/mol. The Morgan fingerprint density at radius 2 is 0.580 bits per heavy atom. The topological polar surface area (TPSA) is 237 Å². The molecule has 0 heterocycles. The predicted octanol–water partition coefficient (Wildman–Crippen LogP) is 19.6. The van der Waals surface area contributed by atoms with E-state index in [-0.39, 0.29) is 25.7 Å². The van der Waals surface area contributed by atoms with Gasteiger partial charge < -0.3 is 33.8 Å². The van der Waals surface area contributed by atoms with Crippen molar-refractivity contribution in [3.05, 3.63) is 0 Å². The van der Waals surface area contributed by atoms with Crippen LogP contribution in [0.2, 0.25) is 0 Å². The Balaban J connectivity index is 5.16. The van der Waals surface area contributed by atoms with Crippen LogP contribution >= 0.6 is 15.6 Å². The molecule has 17 nitrogen and oxygen atoms in total. The second kappa shape index (κ2) is 61.3. The van der Waals surface area contributed by atoms with Crippen LogP contribution in [0.25, 0.3) is 0 Å². The molecule has 0 fully saturated rings. The maximum atomic E-state index is 13.0. The van der Waals surface area contributed by atoms with Gasteiger partial charge in [0.2, 0.25) is 0 Å². The third-order valence-electron chi connectivity index (χ3n) is 16.3. The van der Waals surface area contributed by atoms with Crippen molar-refractivity contribution in [3.63, 3.8) is 0 Å². The van der Waals surface area contributed by atoms with E-state index in [1.54, 1.807) is 0 Å². The van der Waals surface area contributed by atoms with Crippen molar-refractivity contribution < 1.29 is 80.2 Å². The quantitative estimate of drug-likeness (QED) is 0.0222. The lowest BCUT2D eigenvalue weighted by Gasteiger charge is -2.21. The van der Waals surface area contributed by atoms with Gasteiger partial charge in [0, 0.05) is 25.7 Å². The third-order valence-corrected chi connectivity index (χ3v) is 18.2. The summed E-state index contributed by atoms with van der Waals surface area (Å²) in [6, 6.07) is 0. The van der Waals surface area contributed by atoms with Crippen LogP contribution in [-0.2, 0) is 65.4 Å². The first-order chi connectivity index (χ1) is 42.4. The summed E-state index contributed by atoms with van der Waals surface area (Å²) in [5, 5.41) is 10.5. The minimum atomic E-state index is -4.95. The number of unbranched alkanes of at least 4 members (excludes halogenated alkanes) is 37. The Hall–Kier alpha value is -1.94. The van der Waals surface area contributed by atoms with Gasteiger partial charge in [0.05, 0.1) is 26.4 Å². The van der Waals surface area contributed by atoms with Crippen molar-refractivity contribution in [2.75, 3.05) is 39.6 Å². The lowest BCUT2D eigenvalue weighted by Crippen LogP contribution is -2.30. The van der Waals surface area contributed by atoms with Crippen LogP contribution in [0.4, 0.5) is 0 Å². The fourth-order valence-corrected chi connectivity index (χ4v) is 12.0. The van der Waals surface area contributed by atoms with Crippen LogP contribution in [0.15, 0.2) is 0 Å². The molecule has 0 saturated heterocycles. The summed E-state index contributed by atoms with van der Waals surface area (Å²) in [6.45, 7) is 9.44. The Labute approximate surface area is 537 Å². The summed E-state index contributed by atoms with van der Waals surface area (Å²) in [4.78, 5) is 72.2. The van der Waals surface area contributed by atoms with E-state index in [9.17, 15) is 43.2 Å². The fraction of sp³-hybridized carbons (Fsp3) is 0.942. The first-order valence-electron chi connectivity index (χ1n) is 36.0. The van der Waals surface area contributed by atoms with Crippen LogP contribution < -0.4 is 0 Å². The summed E-state index contributed by atoms with van der Waals surface area (Å²) in [5.74, 6) is -0.609. The summed E-state index contributed by atoms with van der Waals surface area (Å²) in [6.07, 6.45) is 46.2. The van der Waals surface area contributed by atoms with Crippen molar-refractivity contribution in [1.82, 2.24) is 0 Å². The van der Waals surface area contributed by atoms with Crippen molar-refractivity contribution in [1.29, 1.82) is 0 Å². The van der Waals surface area contributed by atoms with Gasteiger partial charge in [-0.15, -0.1) is 0 Å². The normalized spacial score (nSPS) is 14.5. The first kappa shape index (κ1) is 86.1. The number of aliphatic hydroxyl groups excluding tert-OH is 1. The van der Waals surface area contributed by atoms with Crippen LogP contribution in [0, 0.1) is 11.8 Å². The second-order valence-electron chi connectivity index (χ2n) is 25.6. The maximum absolute atomic E-state index is 13.0. The Morgan fingerprint density at radius 3 is 0.864 bits per heavy atom. The number of hydrogen-bond donors (Lipinski definition) is 3. The Bertz CT molecular complexity index is 1720. The highest BCUT2D eigenvalue weighted by atomic mass is 31.2. The summed E-state index contributed by atoms with van der Waals surface area (Å²) < 4.78 is 68.0. The number of esters is 4. The molecule has 0 spiro atoms. The number of carbonyl (C=O) groups excluding carboxylic acids is 4. The molecule has 0 aromatic rings. The molecule has 522 valence electrons. The van der Waals surface area contributed by atoms with E-state index in [1.165, 1.54) is 161 Å². The van der Waals surface area contributed by atoms with E-state index in [1.807, 2.05) is 0 Å². The fourth-order valence-electron chi connectivity index (χ4n) is 10.4.